The van der Waals surface area contributed by atoms with Crippen molar-refractivity contribution < 1.29 is 9.59 Å². The average Bonchev–Trinajstić information content (AvgIpc) is 3.19. The Morgan fingerprint density at radius 3 is 2.72 bits per heavy atom. The Bertz CT molecular complexity index is 328. The molecule has 1 saturated heterocycles. The van der Waals surface area contributed by atoms with Crippen LogP contribution in [0.25, 0.3) is 0 Å². The van der Waals surface area contributed by atoms with Gasteiger partial charge in [-0.3, -0.25) is 14.5 Å². The maximum atomic E-state index is 12.0. The second-order valence-electron chi connectivity index (χ2n) is 5.60. The van der Waals surface area contributed by atoms with E-state index in [1.165, 1.54) is 12.8 Å². The third kappa shape index (κ3) is 3.45. The molecule has 2 fully saturated rings. The van der Waals surface area contributed by atoms with Gasteiger partial charge in [0.05, 0.1) is 12.0 Å². The Morgan fingerprint density at radius 2 is 2.11 bits per heavy atom. The molecule has 0 aromatic carbocycles. The zero-order valence-electron chi connectivity index (χ0n) is 11.0. The van der Waals surface area contributed by atoms with Crippen LogP contribution in [0.2, 0.25) is 0 Å². The molecule has 1 aliphatic carbocycles. The van der Waals surface area contributed by atoms with Gasteiger partial charge in [0.1, 0.15) is 0 Å². The summed E-state index contributed by atoms with van der Waals surface area (Å²) in [6.07, 6.45) is 4.36. The number of nitrogens with zero attached hydrogens (tertiary/aromatic N) is 1. The number of nitrogens with two attached hydrogens (primary N) is 1. The van der Waals surface area contributed by atoms with Gasteiger partial charge in [-0.1, -0.05) is 0 Å². The summed E-state index contributed by atoms with van der Waals surface area (Å²) in [5.74, 6) is 0.551. The van der Waals surface area contributed by atoms with Gasteiger partial charge < -0.3 is 11.1 Å². The molecule has 5 nitrogen and oxygen atoms in total. The van der Waals surface area contributed by atoms with Gasteiger partial charge in [-0.15, -0.1) is 0 Å². The van der Waals surface area contributed by atoms with Crippen molar-refractivity contribution in [3.63, 3.8) is 0 Å². The van der Waals surface area contributed by atoms with Crippen LogP contribution in [-0.4, -0.2) is 42.4 Å². The lowest BCUT2D eigenvalue weighted by molar-refractivity contribution is -0.130. The summed E-state index contributed by atoms with van der Waals surface area (Å²) in [4.78, 5) is 25.2. The van der Waals surface area contributed by atoms with E-state index >= 15 is 0 Å². The highest BCUT2D eigenvalue weighted by atomic mass is 16.2. The summed E-state index contributed by atoms with van der Waals surface area (Å²) in [5.41, 5.74) is 5.31. The molecule has 18 heavy (non-hydrogen) atoms. The van der Waals surface area contributed by atoms with Crippen LogP contribution >= 0.6 is 0 Å². The lowest BCUT2D eigenvalue weighted by Gasteiger charge is -2.34. The van der Waals surface area contributed by atoms with E-state index in [1.54, 1.807) is 0 Å². The predicted molar refractivity (Wildman–Crippen MR) is 68.7 cm³/mol. The minimum atomic E-state index is -0.311. The maximum Gasteiger partial charge on any atom is 0.234 e. The normalized spacial score (nSPS) is 26.6. The molecule has 2 rings (SSSR count). The van der Waals surface area contributed by atoms with Crippen LogP contribution < -0.4 is 11.1 Å². The lowest BCUT2D eigenvalue weighted by atomic mass is 9.96. The van der Waals surface area contributed by atoms with Gasteiger partial charge in [0, 0.05) is 13.1 Å². The molecular weight excluding hydrogens is 230 g/mol. The summed E-state index contributed by atoms with van der Waals surface area (Å²) in [5, 5.41) is 3.02. The van der Waals surface area contributed by atoms with E-state index < -0.39 is 0 Å². The fraction of sp³-hybridized carbons (Fsp3) is 0.846. The number of primary amides is 1. The molecule has 0 unspecified atom stereocenters. The second-order valence-corrected chi connectivity index (χ2v) is 5.60. The third-order valence-electron chi connectivity index (χ3n) is 4.04. The molecule has 5 heteroatoms. The van der Waals surface area contributed by atoms with Gasteiger partial charge in [-0.25, -0.2) is 0 Å². The first-order valence-electron chi connectivity index (χ1n) is 6.89. The first-order valence-corrected chi connectivity index (χ1v) is 6.89. The van der Waals surface area contributed by atoms with Gasteiger partial charge in [0.2, 0.25) is 11.8 Å². The number of likely N-dealkylation sites (tertiary alicyclic amines) is 1. The van der Waals surface area contributed by atoms with E-state index in [2.05, 4.69) is 5.32 Å². The molecule has 2 amide bonds. The van der Waals surface area contributed by atoms with Gasteiger partial charge in [0.15, 0.2) is 0 Å². The van der Waals surface area contributed by atoms with Crippen LogP contribution in [0, 0.1) is 11.8 Å². The van der Waals surface area contributed by atoms with Crippen LogP contribution in [-0.2, 0) is 9.59 Å². The zero-order chi connectivity index (χ0) is 13.1. The molecule has 1 saturated carbocycles. The molecule has 0 spiro atoms. The van der Waals surface area contributed by atoms with E-state index in [0.29, 0.717) is 12.5 Å². The highest BCUT2D eigenvalue weighted by Crippen LogP contribution is 2.28. The average molecular weight is 253 g/mol. The van der Waals surface area contributed by atoms with Crippen molar-refractivity contribution in [2.45, 2.75) is 38.6 Å². The van der Waals surface area contributed by atoms with E-state index in [-0.39, 0.29) is 23.8 Å². The molecule has 3 N–H and O–H groups in total. The minimum absolute atomic E-state index is 0.0132. The quantitative estimate of drug-likeness (QED) is 0.729. The van der Waals surface area contributed by atoms with Gasteiger partial charge >= 0.3 is 0 Å². The van der Waals surface area contributed by atoms with Crippen molar-refractivity contribution in [3.05, 3.63) is 0 Å². The smallest absolute Gasteiger partial charge is 0.234 e. The number of nitrogens with one attached hydrogen (secondary N) is 1. The van der Waals surface area contributed by atoms with Gasteiger partial charge in [-0.05, 0) is 45.1 Å². The summed E-state index contributed by atoms with van der Waals surface area (Å²) in [6.45, 7) is 4.14. The first kappa shape index (κ1) is 13.3. The predicted octanol–water partition coefficient (Wildman–Crippen LogP) is 0.0984. The van der Waals surface area contributed by atoms with E-state index in [4.69, 9.17) is 5.73 Å². The van der Waals surface area contributed by atoms with Crippen molar-refractivity contribution in [2.24, 2.45) is 17.6 Å². The Kier molecular flexibility index (Phi) is 4.22. The van der Waals surface area contributed by atoms with Crippen molar-refractivity contribution in [1.82, 2.24) is 10.2 Å². The topological polar surface area (TPSA) is 75.4 Å². The van der Waals surface area contributed by atoms with E-state index in [1.807, 2.05) is 11.8 Å². The number of carbonyl (C=O) groups excluding carboxylic acids is 2. The van der Waals surface area contributed by atoms with E-state index in [9.17, 15) is 9.59 Å². The van der Waals surface area contributed by atoms with Crippen LogP contribution in [0.5, 0.6) is 0 Å². The molecule has 0 aromatic heterocycles. The summed E-state index contributed by atoms with van der Waals surface area (Å²) >= 11 is 0. The molecule has 2 atom stereocenters. The molecule has 1 heterocycles. The van der Waals surface area contributed by atoms with Crippen LogP contribution in [0.15, 0.2) is 0 Å². The Balaban J connectivity index is 1.81. The number of carbonyl (C=O) groups is 2. The third-order valence-corrected chi connectivity index (χ3v) is 4.04. The lowest BCUT2D eigenvalue weighted by Crippen LogP contribution is -2.50. The Morgan fingerprint density at radius 1 is 1.39 bits per heavy atom. The molecular formula is C13H23N3O2. The standard InChI is InChI=1S/C13H23N3O2/c1-9(12(14)17)16-6-2-3-11(8-16)13(18)15-7-10-4-5-10/h9-11H,2-8H2,1H3,(H2,14,17)(H,15,18)/t9-,11+/m1/s1. The number of hydrogen-bond donors (Lipinski definition) is 2. The molecule has 0 radical (unpaired) electrons. The summed E-state index contributed by atoms with van der Waals surface area (Å²) in [6, 6.07) is -0.274. The highest BCUT2D eigenvalue weighted by Gasteiger charge is 2.30. The van der Waals surface area contributed by atoms with Gasteiger partial charge in [-0.2, -0.15) is 0 Å². The molecule has 1 aliphatic heterocycles. The van der Waals surface area contributed by atoms with Crippen molar-refractivity contribution in [2.75, 3.05) is 19.6 Å². The highest BCUT2D eigenvalue weighted by molar-refractivity contribution is 5.80. The monoisotopic (exact) mass is 253 g/mol. The summed E-state index contributed by atoms with van der Waals surface area (Å²) < 4.78 is 0. The van der Waals surface area contributed by atoms with Gasteiger partial charge in [0.25, 0.3) is 0 Å². The van der Waals surface area contributed by atoms with Crippen molar-refractivity contribution in [1.29, 1.82) is 0 Å². The fourth-order valence-electron chi connectivity index (χ4n) is 2.46. The Hall–Kier alpha value is -1.10. The van der Waals surface area contributed by atoms with Crippen molar-refractivity contribution >= 4 is 11.8 Å². The molecule has 2 aliphatic rings. The number of rotatable bonds is 5. The van der Waals surface area contributed by atoms with E-state index in [0.717, 1.165) is 25.9 Å². The largest absolute Gasteiger partial charge is 0.368 e. The molecule has 0 bridgehead atoms. The number of piperidine rings is 1. The minimum Gasteiger partial charge on any atom is -0.368 e. The second kappa shape index (κ2) is 5.69. The van der Waals surface area contributed by atoms with Crippen LogP contribution in [0.4, 0.5) is 0 Å². The SMILES string of the molecule is C[C@H](C(N)=O)N1CCC[C@H](C(=O)NCC2CC2)C1. The maximum absolute atomic E-state index is 12.0. The zero-order valence-corrected chi connectivity index (χ0v) is 11.0. The van der Waals surface area contributed by atoms with Crippen LogP contribution in [0.1, 0.15) is 32.6 Å². The first-order chi connectivity index (χ1) is 8.58. The Labute approximate surface area is 108 Å². The van der Waals surface area contributed by atoms with Crippen LogP contribution in [0.3, 0.4) is 0 Å². The molecule has 0 aromatic rings. The summed E-state index contributed by atoms with van der Waals surface area (Å²) in [7, 11) is 0. The fourth-order valence-corrected chi connectivity index (χ4v) is 2.46. The van der Waals surface area contributed by atoms with Crippen molar-refractivity contribution in [3.8, 4) is 0 Å². The number of hydrogen-bond acceptors (Lipinski definition) is 3. The molecule has 102 valence electrons. The number of amides is 2.